The molecule has 0 amide bonds. The van der Waals surface area contributed by atoms with E-state index >= 15 is 0 Å². The molecule has 0 bridgehead atoms. The summed E-state index contributed by atoms with van der Waals surface area (Å²) in [5, 5.41) is 4.49. The first-order valence-electron chi connectivity index (χ1n) is 20.0. The normalized spacial score (nSPS) is 11.4. The molecule has 9 aromatic carbocycles. The quantitative estimate of drug-likeness (QED) is 0.163. The van der Waals surface area contributed by atoms with E-state index in [2.05, 4.69) is 182 Å². The zero-order chi connectivity index (χ0) is 39.1. The molecule has 3 nitrogen and oxygen atoms in total. The third-order valence-corrected chi connectivity index (χ3v) is 11.3. The van der Waals surface area contributed by atoms with Crippen molar-refractivity contribution in [1.29, 1.82) is 0 Å². The first kappa shape index (κ1) is 34.4. The number of hydrogen-bond donors (Lipinski definition) is 0. The lowest BCUT2D eigenvalue weighted by atomic mass is 9.92. The van der Waals surface area contributed by atoms with Gasteiger partial charge in [0.1, 0.15) is 11.2 Å². The number of furan rings is 1. The average Bonchev–Trinajstić information content (AvgIpc) is 3.71. The fourth-order valence-corrected chi connectivity index (χ4v) is 8.40. The first-order valence-corrected chi connectivity index (χ1v) is 20.0. The zero-order valence-corrected chi connectivity index (χ0v) is 32.1. The van der Waals surface area contributed by atoms with E-state index in [4.69, 9.17) is 14.4 Å². The average molecular weight is 753 g/mol. The number of aromatic nitrogens is 2. The smallest absolute Gasteiger partial charge is 0.160 e. The van der Waals surface area contributed by atoms with Crippen molar-refractivity contribution in [3.8, 4) is 78.4 Å². The maximum atomic E-state index is 6.90. The van der Waals surface area contributed by atoms with Crippen molar-refractivity contribution in [1.82, 2.24) is 9.97 Å². The summed E-state index contributed by atoms with van der Waals surface area (Å²) >= 11 is 0. The van der Waals surface area contributed by atoms with Crippen LogP contribution < -0.4 is 0 Å². The van der Waals surface area contributed by atoms with Crippen LogP contribution in [0.1, 0.15) is 0 Å². The van der Waals surface area contributed by atoms with E-state index in [1.165, 1.54) is 16.7 Å². The molecule has 0 radical (unpaired) electrons. The molecule has 11 aromatic rings. The van der Waals surface area contributed by atoms with Crippen molar-refractivity contribution in [2.45, 2.75) is 0 Å². The first-order chi connectivity index (χ1) is 29.2. The van der Waals surface area contributed by atoms with Crippen LogP contribution >= 0.6 is 0 Å². The Labute approximate surface area is 342 Å². The van der Waals surface area contributed by atoms with Gasteiger partial charge in [0.25, 0.3) is 0 Å². The number of para-hydroxylation sites is 1. The minimum absolute atomic E-state index is 0.713. The Hall–Kier alpha value is -7.88. The maximum Gasteiger partial charge on any atom is 0.160 e. The lowest BCUT2D eigenvalue weighted by Gasteiger charge is -2.11. The summed E-state index contributed by atoms with van der Waals surface area (Å²) in [6.45, 7) is 0. The number of rotatable bonds is 7. The Kier molecular flexibility index (Phi) is 8.49. The van der Waals surface area contributed by atoms with Crippen LogP contribution in [-0.2, 0) is 0 Å². The molecule has 0 fully saturated rings. The lowest BCUT2D eigenvalue weighted by Crippen LogP contribution is -1.95. The summed E-state index contributed by atoms with van der Waals surface area (Å²) in [6, 6.07) is 76.8. The summed E-state index contributed by atoms with van der Waals surface area (Å²) in [5.41, 5.74) is 16.0. The Bertz CT molecular complexity index is 3220. The van der Waals surface area contributed by atoms with E-state index in [-0.39, 0.29) is 0 Å². The molecule has 11 rings (SSSR count). The van der Waals surface area contributed by atoms with Crippen molar-refractivity contribution in [3.05, 3.63) is 218 Å². The van der Waals surface area contributed by atoms with Crippen molar-refractivity contribution in [3.63, 3.8) is 0 Å². The van der Waals surface area contributed by atoms with Crippen LogP contribution in [-0.4, -0.2) is 9.97 Å². The van der Waals surface area contributed by atoms with Crippen LogP contribution in [0.4, 0.5) is 0 Å². The molecular formula is C56H36N2O. The fourth-order valence-electron chi connectivity index (χ4n) is 8.40. The number of hydrogen-bond acceptors (Lipinski definition) is 3. The highest BCUT2D eigenvalue weighted by atomic mass is 16.3. The predicted molar refractivity (Wildman–Crippen MR) is 245 cm³/mol. The maximum absolute atomic E-state index is 6.90. The van der Waals surface area contributed by atoms with Gasteiger partial charge in [-0.2, -0.15) is 0 Å². The van der Waals surface area contributed by atoms with Gasteiger partial charge in [-0.1, -0.05) is 206 Å². The number of benzene rings is 9. The van der Waals surface area contributed by atoms with Crippen LogP contribution in [0.3, 0.4) is 0 Å². The third-order valence-electron chi connectivity index (χ3n) is 11.3. The topological polar surface area (TPSA) is 38.9 Å². The molecule has 0 aliphatic rings. The summed E-state index contributed by atoms with van der Waals surface area (Å²) in [4.78, 5) is 9.99. The van der Waals surface area contributed by atoms with Gasteiger partial charge in [-0.05, 0) is 56.5 Å². The van der Waals surface area contributed by atoms with Crippen LogP contribution in [0, 0.1) is 0 Å². The summed E-state index contributed by atoms with van der Waals surface area (Å²) < 4.78 is 6.90. The molecule has 276 valence electrons. The molecule has 2 heterocycles. The summed E-state index contributed by atoms with van der Waals surface area (Å²) in [6.07, 6.45) is 0. The summed E-state index contributed by atoms with van der Waals surface area (Å²) in [5.74, 6) is 0.713. The second-order valence-corrected chi connectivity index (χ2v) is 14.9. The number of nitrogens with zero attached hydrogens (tertiary/aromatic N) is 2. The minimum Gasteiger partial charge on any atom is -0.455 e. The highest BCUT2D eigenvalue weighted by Gasteiger charge is 2.19. The van der Waals surface area contributed by atoms with E-state index in [9.17, 15) is 0 Å². The van der Waals surface area contributed by atoms with Crippen molar-refractivity contribution < 1.29 is 4.42 Å². The van der Waals surface area contributed by atoms with Crippen LogP contribution in [0.15, 0.2) is 223 Å². The Balaban J connectivity index is 0.957. The highest BCUT2D eigenvalue weighted by molar-refractivity contribution is 6.21. The predicted octanol–water partition coefficient (Wildman–Crippen LogP) is 15.2. The van der Waals surface area contributed by atoms with Crippen LogP contribution in [0.25, 0.3) is 111 Å². The van der Waals surface area contributed by atoms with Crippen LogP contribution in [0.2, 0.25) is 0 Å². The fraction of sp³-hybridized carbons (Fsp3) is 0. The Morgan fingerprint density at radius 3 is 1.36 bits per heavy atom. The molecule has 2 aromatic heterocycles. The van der Waals surface area contributed by atoms with Gasteiger partial charge in [0.05, 0.1) is 11.4 Å². The van der Waals surface area contributed by atoms with E-state index < -0.39 is 0 Å². The van der Waals surface area contributed by atoms with E-state index in [0.717, 1.165) is 88.6 Å². The van der Waals surface area contributed by atoms with Gasteiger partial charge >= 0.3 is 0 Å². The highest BCUT2D eigenvalue weighted by Crippen LogP contribution is 2.44. The van der Waals surface area contributed by atoms with E-state index in [1.807, 2.05) is 36.4 Å². The molecule has 0 N–H and O–H groups in total. The van der Waals surface area contributed by atoms with Gasteiger partial charge in [0.2, 0.25) is 0 Å². The van der Waals surface area contributed by atoms with Crippen molar-refractivity contribution in [2.24, 2.45) is 0 Å². The lowest BCUT2D eigenvalue weighted by molar-refractivity contribution is 0.674. The molecule has 0 saturated carbocycles. The van der Waals surface area contributed by atoms with E-state index in [1.54, 1.807) is 0 Å². The van der Waals surface area contributed by atoms with Gasteiger partial charge in [-0.15, -0.1) is 0 Å². The molecule has 0 aliphatic heterocycles. The van der Waals surface area contributed by atoms with Crippen molar-refractivity contribution >= 4 is 32.7 Å². The zero-order valence-electron chi connectivity index (χ0n) is 32.1. The molecule has 0 spiro atoms. The second kappa shape index (κ2) is 14.6. The van der Waals surface area contributed by atoms with Crippen molar-refractivity contribution in [2.75, 3.05) is 0 Å². The Morgan fingerprint density at radius 2 is 0.695 bits per heavy atom. The molecule has 0 aliphatic carbocycles. The Morgan fingerprint density at radius 1 is 0.254 bits per heavy atom. The standard InChI is InChI=1S/C56H36N2O/c1-4-15-39(16-5-1)44-21-10-11-22-45(44)48-25-14-26-49-51-35-50(46-23-12-13-24-47(46)55(51)59-54(48)49)40-31-27-37(28-32-40)38-29-33-42(34-30-38)53-36-52(41-17-6-2-7-18-41)57-56(58-53)43-19-8-3-9-20-43/h1-36H. The molecule has 3 heteroatoms. The molecular weight excluding hydrogens is 717 g/mol. The van der Waals surface area contributed by atoms with E-state index in [0.29, 0.717) is 5.82 Å². The molecule has 0 atom stereocenters. The molecule has 0 saturated heterocycles. The third kappa shape index (κ3) is 6.26. The van der Waals surface area contributed by atoms with Gasteiger partial charge in [0.15, 0.2) is 5.82 Å². The van der Waals surface area contributed by atoms with Gasteiger partial charge in [-0.3, -0.25) is 0 Å². The van der Waals surface area contributed by atoms with Crippen LogP contribution in [0.5, 0.6) is 0 Å². The monoisotopic (exact) mass is 752 g/mol. The van der Waals surface area contributed by atoms with Gasteiger partial charge < -0.3 is 4.42 Å². The SMILES string of the molecule is c1ccc(-c2cc(-c3ccc(-c4ccc(-c5cc6c7cccc(-c8ccccc8-c8ccccc8)c7oc6c6ccccc56)cc4)cc3)nc(-c3ccccc3)n2)cc1. The summed E-state index contributed by atoms with van der Waals surface area (Å²) in [7, 11) is 0. The largest absolute Gasteiger partial charge is 0.455 e. The molecule has 0 unspecified atom stereocenters. The second-order valence-electron chi connectivity index (χ2n) is 14.9. The minimum atomic E-state index is 0.713. The molecule has 59 heavy (non-hydrogen) atoms. The number of fused-ring (bicyclic) bond motifs is 5. The van der Waals surface area contributed by atoms with Gasteiger partial charge in [0, 0.05) is 38.4 Å². The van der Waals surface area contributed by atoms with Gasteiger partial charge in [-0.25, -0.2) is 9.97 Å².